The molecule has 0 bridgehead atoms. The fraction of sp³-hybridized carbons (Fsp3) is 0.538. The molecule has 0 aliphatic rings. The number of unbranched alkanes of at least 4 members (excludes halogenated alkanes) is 11. The molecule has 5 nitrogen and oxygen atoms in total. The predicted octanol–water partition coefficient (Wildman–Crippen LogP) is 4.05. The van der Waals surface area contributed by atoms with E-state index in [9.17, 15) is 18.1 Å². The van der Waals surface area contributed by atoms with Crippen molar-refractivity contribution in [3.63, 3.8) is 0 Å². The first-order chi connectivity index (χ1) is 15.4. The van der Waals surface area contributed by atoms with E-state index in [0.29, 0.717) is 17.7 Å². The third kappa shape index (κ3) is 12.2. The van der Waals surface area contributed by atoms with E-state index in [0.717, 1.165) is 25.3 Å². The van der Waals surface area contributed by atoms with Gasteiger partial charge in [0.25, 0.3) is 10.1 Å². The maximum Gasteiger partial charge on any atom is 1.00 e. The van der Waals surface area contributed by atoms with Gasteiger partial charge in [-0.05, 0) is 30.5 Å². The van der Waals surface area contributed by atoms with Crippen LogP contribution in [-0.4, -0.2) is 13.0 Å². The minimum atomic E-state index is -4.45. The van der Waals surface area contributed by atoms with E-state index in [-0.39, 0.29) is 62.0 Å². The Morgan fingerprint density at radius 1 is 0.818 bits per heavy atom. The first-order valence-corrected chi connectivity index (χ1v) is 13.4. The monoisotopic (exact) mass is 500 g/mol. The Kier molecular flexibility index (Phi) is 15.9. The fourth-order valence-corrected chi connectivity index (χ4v) is 4.62. The van der Waals surface area contributed by atoms with Crippen molar-refractivity contribution in [2.75, 3.05) is 0 Å². The summed E-state index contributed by atoms with van der Waals surface area (Å²) < 4.78 is 39.0. The van der Waals surface area contributed by atoms with Gasteiger partial charge in [0.2, 0.25) is 0 Å². The van der Waals surface area contributed by atoms with Crippen LogP contribution in [-0.2, 0) is 16.5 Å². The summed E-state index contributed by atoms with van der Waals surface area (Å²) in [6.07, 6.45) is 14.9. The normalized spacial score (nSPS) is 11.2. The molecule has 0 saturated heterocycles. The molecule has 0 fully saturated rings. The average Bonchev–Trinajstić information content (AvgIpc) is 2.76. The molecule has 0 spiro atoms. The van der Waals surface area contributed by atoms with Crippen LogP contribution in [0.2, 0.25) is 0 Å². The van der Waals surface area contributed by atoms with Crippen LogP contribution in [0.5, 0.6) is 17.2 Å². The summed E-state index contributed by atoms with van der Waals surface area (Å²) in [6, 6.07) is 11.1. The predicted molar refractivity (Wildman–Crippen MR) is 127 cm³/mol. The van der Waals surface area contributed by atoms with Crippen LogP contribution in [0.4, 0.5) is 0 Å². The van der Waals surface area contributed by atoms with Gasteiger partial charge >= 0.3 is 51.4 Å². The molecule has 0 aliphatic carbocycles. The van der Waals surface area contributed by atoms with E-state index in [2.05, 4.69) is 6.92 Å². The van der Waals surface area contributed by atoms with Crippen molar-refractivity contribution < 1.29 is 74.2 Å². The van der Waals surface area contributed by atoms with Crippen LogP contribution in [0.3, 0.4) is 0 Å². The molecule has 0 saturated carbocycles. The molecule has 2 rings (SSSR count). The summed E-state index contributed by atoms with van der Waals surface area (Å²) in [7, 11) is -4.45. The number of hydrogen-bond acceptors (Lipinski definition) is 4. The van der Waals surface area contributed by atoms with Crippen LogP contribution in [0.1, 0.15) is 89.5 Å². The van der Waals surface area contributed by atoms with E-state index in [1.165, 1.54) is 63.9 Å². The van der Waals surface area contributed by atoms with Crippen LogP contribution in [0.25, 0.3) is 0 Å². The number of ether oxygens (including phenoxy) is 1. The molecular formula is C26H37KO5S. The number of hydrogen-bond donors (Lipinski definition) is 1. The Morgan fingerprint density at radius 2 is 1.33 bits per heavy atom. The van der Waals surface area contributed by atoms with Gasteiger partial charge in [-0.1, -0.05) is 108 Å². The zero-order valence-electron chi connectivity index (χ0n) is 20.2. The first-order valence-electron chi connectivity index (χ1n) is 12.0. The summed E-state index contributed by atoms with van der Waals surface area (Å²) in [5.74, 6) is -0.0722. The van der Waals surface area contributed by atoms with Gasteiger partial charge in [0, 0.05) is 6.07 Å². The molecule has 1 N–H and O–H groups in total. The maximum absolute atomic E-state index is 12.4. The van der Waals surface area contributed by atoms with Gasteiger partial charge in [-0.2, -0.15) is 8.42 Å². The third-order valence-corrected chi connectivity index (χ3v) is 6.61. The van der Waals surface area contributed by atoms with Gasteiger partial charge < -0.3 is 9.84 Å². The van der Waals surface area contributed by atoms with Crippen LogP contribution in [0, 0.1) is 0 Å². The minimum absolute atomic E-state index is 0. The summed E-state index contributed by atoms with van der Waals surface area (Å²) in [6.45, 7) is 2.23. The maximum atomic E-state index is 12.4. The second-order valence-corrected chi connectivity index (χ2v) is 9.83. The fourth-order valence-electron chi connectivity index (χ4n) is 3.87. The molecule has 0 radical (unpaired) electrons. The number of benzene rings is 2. The van der Waals surface area contributed by atoms with E-state index >= 15 is 0 Å². The van der Waals surface area contributed by atoms with Gasteiger partial charge in [-0.3, -0.25) is 4.55 Å². The first kappa shape index (κ1) is 30.6. The smallest absolute Gasteiger partial charge is 0.870 e. The molecule has 2 aromatic carbocycles. The van der Waals surface area contributed by atoms with E-state index in [1.54, 1.807) is 24.3 Å². The third-order valence-electron chi connectivity index (χ3n) is 5.68. The van der Waals surface area contributed by atoms with Crippen molar-refractivity contribution in [1.29, 1.82) is 0 Å². The molecule has 178 valence electrons. The van der Waals surface area contributed by atoms with Crippen LogP contribution in [0.15, 0.2) is 47.4 Å². The van der Waals surface area contributed by atoms with Crippen molar-refractivity contribution in [1.82, 2.24) is 0 Å². The molecule has 33 heavy (non-hydrogen) atoms. The number of para-hydroxylation sites is 1. The van der Waals surface area contributed by atoms with Crippen molar-refractivity contribution in [3.8, 4) is 17.2 Å². The summed E-state index contributed by atoms with van der Waals surface area (Å²) in [5, 5.41) is 12.4. The van der Waals surface area contributed by atoms with Gasteiger partial charge in [-0.25, -0.2) is 0 Å². The van der Waals surface area contributed by atoms with Crippen LogP contribution >= 0.6 is 0 Å². The van der Waals surface area contributed by atoms with E-state index in [1.807, 2.05) is 6.07 Å². The van der Waals surface area contributed by atoms with Crippen molar-refractivity contribution >= 4 is 10.1 Å². The van der Waals surface area contributed by atoms with Crippen LogP contribution < -0.4 is 61.2 Å². The Balaban J connectivity index is 0.00000544. The molecule has 0 heterocycles. The van der Waals surface area contributed by atoms with Crippen molar-refractivity contribution in [3.05, 3.63) is 48.0 Å². The zero-order valence-corrected chi connectivity index (χ0v) is 24.2. The van der Waals surface area contributed by atoms with Gasteiger partial charge in [0.1, 0.15) is 16.4 Å². The van der Waals surface area contributed by atoms with Crippen molar-refractivity contribution in [2.45, 2.75) is 95.3 Å². The number of rotatable bonds is 16. The van der Waals surface area contributed by atoms with Crippen molar-refractivity contribution in [2.24, 2.45) is 0 Å². The number of aryl methyl sites for hydroxylation is 1. The molecular weight excluding hydrogens is 463 g/mol. The standard InChI is InChI=1S/C26H38O5S.K/c1-2-3-4-5-6-7-8-9-10-11-12-14-17-22-20-24(27)25(21-26(22)32(28,29)30)31-23-18-15-13-16-19-23;/h13,15-16,18-21,27H,2-12,14,17H2,1H3,(H,28,29,30);/q;+1/p-1. The van der Waals surface area contributed by atoms with Gasteiger partial charge in [0.05, 0.1) is 0 Å². The molecule has 7 heteroatoms. The molecule has 0 aliphatic heterocycles. The Hall–Kier alpha value is -0.414. The van der Waals surface area contributed by atoms with E-state index < -0.39 is 15.9 Å². The molecule has 0 unspecified atom stereocenters. The topological polar surface area (TPSA) is 86.7 Å². The largest absolute Gasteiger partial charge is 1.00 e. The summed E-state index contributed by atoms with van der Waals surface area (Å²) in [5.41, 5.74) is 0.352. The Bertz CT molecular complexity index is 900. The second kappa shape index (κ2) is 17.1. The molecule has 0 amide bonds. The summed E-state index contributed by atoms with van der Waals surface area (Å²) in [4.78, 5) is -0.244. The minimum Gasteiger partial charge on any atom is -0.870 e. The SMILES string of the molecule is CCCCCCCCCCCCCCc1cc([O-])c(Oc2ccccc2)cc1S(=O)(=O)O.[K+]. The Morgan fingerprint density at radius 3 is 1.85 bits per heavy atom. The quantitative estimate of drug-likeness (QED) is 0.213. The molecule has 0 atom stereocenters. The zero-order chi connectivity index (χ0) is 23.2. The van der Waals surface area contributed by atoms with Gasteiger partial charge in [-0.15, -0.1) is 0 Å². The van der Waals surface area contributed by atoms with E-state index in [4.69, 9.17) is 4.74 Å². The molecule has 2 aromatic rings. The van der Waals surface area contributed by atoms with Gasteiger partial charge in [0.15, 0.2) is 0 Å². The average molecular weight is 501 g/mol. The Labute approximate surface area is 242 Å². The summed E-state index contributed by atoms with van der Waals surface area (Å²) >= 11 is 0. The second-order valence-electron chi connectivity index (χ2n) is 8.44. The molecule has 0 aromatic heterocycles.